The van der Waals surface area contributed by atoms with E-state index in [9.17, 15) is 4.79 Å². The molecule has 4 aromatic carbocycles. The van der Waals surface area contributed by atoms with Gasteiger partial charge >= 0.3 is 0 Å². The van der Waals surface area contributed by atoms with Crippen molar-refractivity contribution in [1.29, 1.82) is 0 Å². The summed E-state index contributed by atoms with van der Waals surface area (Å²) in [5.41, 5.74) is -0.672. The van der Waals surface area contributed by atoms with Gasteiger partial charge in [-0.2, -0.15) is 0 Å². The molecule has 0 spiro atoms. The smallest absolute Gasteiger partial charge is 0.171 e. The largest absolute Gasteiger partial charge is 0.293 e. The van der Waals surface area contributed by atoms with Crippen LogP contribution in [0.15, 0.2) is 54.6 Å². The molecular formula is C29H34Br2N2O. The number of Topliss-reactive ketones (excluding diaryl/α,β-unsaturated/α-hetero) is 1. The van der Waals surface area contributed by atoms with Crippen LogP contribution >= 0.6 is 32.3 Å². The second-order valence-corrected chi connectivity index (χ2v) is 13.0. The molecule has 0 radical (unpaired) electrons. The Balaban J connectivity index is 2.03. The molecule has 0 aliphatic heterocycles. The Labute approximate surface area is 220 Å². The predicted molar refractivity (Wildman–Crippen MR) is 153 cm³/mol. The van der Waals surface area contributed by atoms with Crippen molar-refractivity contribution in [2.24, 2.45) is 10.8 Å². The quantitative estimate of drug-likeness (QED) is 0.123. The Bertz CT molecular complexity index is 1360. The van der Waals surface area contributed by atoms with Gasteiger partial charge in [-0.25, -0.2) is 7.85 Å². The van der Waals surface area contributed by atoms with Gasteiger partial charge in [0.05, 0.1) is 5.41 Å². The number of benzene rings is 4. The fourth-order valence-electron chi connectivity index (χ4n) is 5.59. The molecule has 0 saturated carbocycles. The maximum absolute atomic E-state index is 14.8. The van der Waals surface area contributed by atoms with Gasteiger partial charge in [-0.05, 0) is 72.6 Å². The Hall–Kier alpha value is -1.53. The summed E-state index contributed by atoms with van der Waals surface area (Å²) in [4.78, 5) is 14.8. The third kappa shape index (κ3) is 3.46. The molecule has 180 valence electrons. The highest BCUT2D eigenvalue weighted by Crippen LogP contribution is 2.55. The van der Waals surface area contributed by atoms with Crippen molar-refractivity contribution in [3.8, 4) is 0 Å². The van der Waals surface area contributed by atoms with Crippen molar-refractivity contribution in [3.05, 3.63) is 60.2 Å². The molecule has 3 nitrogen and oxygen atoms in total. The van der Waals surface area contributed by atoms with E-state index in [1.54, 1.807) is 0 Å². The van der Waals surface area contributed by atoms with E-state index in [0.717, 1.165) is 10.9 Å². The molecule has 0 aromatic heterocycles. The lowest BCUT2D eigenvalue weighted by Gasteiger charge is -2.57. The van der Waals surface area contributed by atoms with Gasteiger partial charge in [0.25, 0.3) is 0 Å². The summed E-state index contributed by atoms with van der Waals surface area (Å²) < 4.78 is 4.05. The predicted octanol–water partition coefficient (Wildman–Crippen LogP) is 8.45. The standard InChI is InChI=1S/C29H34Br2N2O/c1-18(32(7)30)29(6,27(2,3)28(4,5)33(8)31)26(34)23-17-15-21-13-12-19-10-9-11-20-14-16-22(23)25(21)24(19)20/h9-18H,1-8H3. The van der Waals surface area contributed by atoms with Crippen LogP contribution in [0.1, 0.15) is 51.9 Å². The maximum atomic E-state index is 14.8. The van der Waals surface area contributed by atoms with Crippen molar-refractivity contribution in [2.45, 2.75) is 53.1 Å². The van der Waals surface area contributed by atoms with Gasteiger partial charge in [0.2, 0.25) is 0 Å². The van der Waals surface area contributed by atoms with Crippen LogP contribution in [0.3, 0.4) is 0 Å². The molecule has 2 atom stereocenters. The molecule has 0 N–H and O–H groups in total. The Kier molecular flexibility index (Phi) is 6.42. The third-order valence-electron chi connectivity index (χ3n) is 9.21. The van der Waals surface area contributed by atoms with Gasteiger partial charge < -0.3 is 0 Å². The highest BCUT2D eigenvalue weighted by molar-refractivity contribution is 9.07. The van der Waals surface area contributed by atoms with E-state index in [2.05, 4.69) is 126 Å². The van der Waals surface area contributed by atoms with Crippen molar-refractivity contribution in [2.75, 3.05) is 14.1 Å². The zero-order valence-corrected chi connectivity index (χ0v) is 24.5. The van der Waals surface area contributed by atoms with Crippen LogP contribution in [0.25, 0.3) is 32.3 Å². The minimum atomic E-state index is -0.723. The van der Waals surface area contributed by atoms with Crippen LogP contribution in [0, 0.1) is 10.8 Å². The van der Waals surface area contributed by atoms with E-state index in [-0.39, 0.29) is 17.4 Å². The molecule has 0 aliphatic carbocycles. The van der Waals surface area contributed by atoms with Crippen LogP contribution in [0.5, 0.6) is 0 Å². The fraction of sp³-hybridized carbons (Fsp3) is 0.414. The summed E-state index contributed by atoms with van der Waals surface area (Å²) in [6.07, 6.45) is 0. The summed E-state index contributed by atoms with van der Waals surface area (Å²) in [6, 6.07) is 19.1. The van der Waals surface area contributed by atoms with E-state index < -0.39 is 10.8 Å². The fourth-order valence-corrected chi connectivity index (χ4v) is 6.44. The Morgan fingerprint density at radius 2 is 1.29 bits per heavy atom. The monoisotopic (exact) mass is 584 g/mol. The average molecular weight is 586 g/mol. The zero-order valence-electron chi connectivity index (χ0n) is 21.3. The lowest BCUT2D eigenvalue weighted by Crippen LogP contribution is -2.63. The molecule has 4 rings (SSSR count). The topological polar surface area (TPSA) is 23.6 Å². The summed E-state index contributed by atoms with van der Waals surface area (Å²) in [7, 11) is 4.01. The minimum Gasteiger partial charge on any atom is -0.293 e. The number of ketones is 1. The number of halogens is 2. The SMILES string of the molecule is CC(N(C)Br)C(C)(C(=O)c1ccc2ccc3cccc4ccc1c2c34)C(C)(C)C(C)(C)N(C)Br. The number of carbonyl (C=O) groups is 1. The number of hydrogen-bond acceptors (Lipinski definition) is 3. The maximum Gasteiger partial charge on any atom is 0.171 e. The minimum absolute atomic E-state index is 0.0692. The number of hydrogen-bond donors (Lipinski definition) is 0. The summed E-state index contributed by atoms with van der Waals surface area (Å²) in [5, 5.41) is 7.03. The van der Waals surface area contributed by atoms with E-state index in [0.29, 0.717) is 0 Å². The van der Waals surface area contributed by atoms with Crippen LogP contribution < -0.4 is 0 Å². The second kappa shape index (κ2) is 8.55. The van der Waals surface area contributed by atoms with Gasteiger partial charge in [-0.1, -0.05) is 75.4 Å². The summed E-state index contributed by atoms with van der Waals surface area (Å²) in [5.74, 6) is 0.164. The first kappa shape index (κ1) is 25.6. The zero-order chi connectivity index (χ0) is 25.2. The van der Waals surface area contributed by atoms with Gasteiger partial charge in [0, 0.05) is 49.4 Å². The van der Waals surface area contributed by atoms with Crippen molar-refractivity contribution in [3.63, 3.8) is 0 Å². The molecule has 4 aromatic rings. The highest BCUT2D eigenvalue weighted by Gasteiger charge is 2.59. The van der Waals surface area contributed by atoms with Crippen LogP contribution in [0.2, 0.25) is 0 Å². The molecule has 0 amide bonds. The highest BCUT2D eigenvalue weighted by atomic mass is 79.9. The lowest BCUT2D eigenvalue weighted by atomic mass is 9.52. The normalized spacial score (nSPS) is 16.1. The van der Waals surface area contributed by atoms with Crippen molar-refractivity contribution < 1.29 is 4.79 Å². The van der Waals surface area contributed by atoms with E-state index in [1.165, 1.54) is 26.9 Å². The van der Waals surface area contributed by atoms with Gasteiger partial charge in [-0.15, -0.1) is 0 Å². The molecule has 0 bridgehead atoms. The number of rotatable bonds is 7. The Morgan fingerprint density at radius 1 is 0.794 bits per heavy atom. The molecule has 0 fully saturated rings. The lowest BCUT2D eigenvalue weighted by molar-refractivity contribution is -0.0357. The van der Waals surface area contributed by atoms with E-state index in [1.807, 2.05) is 24.1 Å². The van der Waals surface area contributed by atoms with Gasteiger partial charge in [0.15, 0.2) is 5.78 Å². The van der Waals surface area contributed by atoms with Crippen molar-refractivity contribution >= 4 is 70.4 Å². The first-order valence-electron chi connectivity index (χ1n) is 11.8. The molecule has 5 heteroatoms. The van der Waals surface area contributed by atoms with Crippen LogP contribution in [-0.2, 0) is 0 Å². The third-order valence-corrected chi connectivity index (χ3v) is 10.7. The first-order chi connectivity index (χ1) is 15.8. The number of carbonyl (C=O) groups excluding carboxylic acids is 1. The van der Waals surface area contributed by atoms with Crippen LogP contribution in [0.4, 0.5) is 0 Å². The van der Waals surface area contributed by atoms with Gasteiger partial charge in [0.1, 0.15) is 0 Å². The number of nitrogens with zero attached hydrogens (tertiary/aromatic N) is 2. The van der Waals surface area contributed by atoms with Crippen LogP contribution in [-0.4, -0.2) is 39.3 Å². The molecular weight excluding hydrogens is 552 g/mol. The molecule has 0 heterocycles. The average Bonchev–Trinajstić information content (AvgIpc) is 2.80. The summed E-state index contributed by atoms with van der Waals surface area (Å²) >= 11 is 7.37. The molecule has 0 saturated heterocycles. The van der Waals surface area contributed by atoms with E-state index in [4.69, 9.17) is 0 Å². The molecule has 0 aliphatic rings. The van der Waals surface area contributed by atoms with Gasteiger partial charge in [-0.3, -0.25) is 4.79 Å². The Morgan fingerprint density at radius 3 is 1.82 bits per heavy atom. The van der Waals surface area contributed by atoms with Crippen molar-refractivity contribution in [1.82, 2.24) is 7.85 Å². The summed E-state index contributed by atoms with van der Waals surface area (Å²) in [6.45, 7) is 13.1. The van der Waals surface area contributed by atoms with E-state index >= 15 is 0 Å². The second-order valence-electron chi connectivity index (χ2n) is 10.9. The molecule has 34 heavy (non-hydrogen) atoms. The first-order valence-corrected chi connectivity index (χ1v) is 13.2. The molecule has 2 unspecified atom stereocenters.